The van der Waals surface area contributed by atoms with Crippen molar-refractivity contribution < 1.29 is 10.0 Å². The molecule has 0 atom stereocenters. The van der Waals surface area contributed by atoms with Gasteiger partial charge in [0.25, 0.3) is 0 Å². The number of hydroxylamine groups is 2. The minimum Gasteiger partial charge on any atom is -0.307 e. The van der Waals surface area contributed by atoms with Gasteiger partial charge in [-0.05, 0) is 46.5 Å². The first-order chi connectivity index (χ1) is 8.15. The molecule has 1 amide bonds. The molecule has 0 aromatic heterocycles. The third-order valence-corrected chi connectivity index (χ3v) is 3.27. The first-order valence-electron chi connectivity index (χ1n) is 6.37. The highest BCUT2D eigenvalue weighted by Gasteiger charge is 2.38. The zero-order chi connectivity index (χ0) is 14.0. The van der Waals surface area contributed by atoms with E-state index in [-0.39, 0.29) is 29.4 Å². The lowest BCUT2D eigenvalue weighted by Crippen LogP contribution is -2.58. The third-order valence-electron chi connectivity index (χ3n) is 3.27. The lowest BCUT2D eigenvalue weighted by molar-refractivity contribution is -0.164. The highest BCUT2D eigenvalue weighted by atomic mass is 16.5. The average Bonchev–Trinajstić information content (AvgIpc) is 2.12. The molecule has 1 aliphatic heterocycles. The van der Waals surface area contributed by atoms with Gasteiger partial charge in [0.1, 0.15) is 6.54 Å². The summed E-state index contributed by atoms with van der Waals surface area (Å²) < 4.78 is 0. The molecule has 102 valence electrons. The Balaban J connectivity index is 2.62. The lowest BCUT2D eigenvalue weighted by atomic mass is 9.74. The monoisotopic (exact) mass is 252 g/mol. The van der Waals surface area contributed by atoms with Gasteiger partial charge < -0.3 is 5.32 Å². The molecule has 1 rings (SSSR count). The van der Waals surface area contributed by atoms with Gasteiger partial charge in [-0.15, -0.1) is 6.42 Å². The number of piperidine rings is 1. The van der Waals surface area contributed by atoms with E-state index in [9.17, 15) is 10.0 Å². The molecule has 0 unspecified atom stereocenters. The van der Waals surface area contributed by atoms with Crippen molar-refractivity contribution in [1.82, 2.24) is 10.4 Å². The summed E-state index contributed by atoms with van der Waals surface area (Å²) >= 11 is 0. The second-order valence-electron chi connectivity index (χ2n) is 6.53. The normalized spacial score (nSPS) is 22.2. The minimum atomic E-state index is -0.286. The number of terminal acetylenes is 1. The summed E-state index contributed by atoms with van der Waals surface area (Å²) in [7, 11) is 0. The summed E-state index contributed by atoms with van der Waals surface area (Å²) in [6.07, 6.45) is 7.27. The van der Waals surface area contributed by atoms with Gasteiger partial charge in [0.15, 0.2) is 0 Å². The summed E-state index contributed by atoms with van der Waals surface area (Å²) in [6.45, 7) is 8.52. The zero-order valence-corrected chi connectivity index (χ0v) is 11.8. The fourth-order valence-electron chi connectivity index (χ4n) is 3.20. The molecule has 2 N–H and O–H groups in total. The molecule has 0 radical (unpaired) electrons. The molecule has 4 nitrogen and oxygen atoms in total. The van der Waals surface area contributed by atoms with E-state index in [0.29, 0.717) is 11.5 Å². The van der Waals surface area contributed by atoms with Crippen LogP contribution in [0.25, 0.3) is 0 Å². The Bertz CT molecular complexity index is 339. The average molecular weight is 252 g/mol. The Labute approximate surface area is 110 Å². The molecule has 0 spiro atoms. The SMILES string of the molecule is C#CCN(O)C(=O)CC1CC(C)(C)NC(C)(C)C1. The predicted molar refractivity (Wildman–Crippen MR) is 71.0 cm³/mol. The topological polar surface area (TPSA) is 52.6 Å². The highest BCUT2D eigenvalue weighted by molar-refractivity contribution is 5.75. The van der Waals surface area contributed by atoms with Crippen LogP contribution in [0.4, 0.5) is 0 Å². The van der Waals surface area contributed by atoms with Gasteiger partial charge in [-0.3, -0.25) is 10.0 Å². The van der Waals surface area contributed by atoms with Crippen LogP contribution in [0.1, 0.15) is 47.0 Å². The molecule has 0 aromatic rings. The van der Waals surface area contributed by atoms with Gasteiger partial charge >= 0.3 is 0 Å². The van der Waals surface area contributed by atoms with E-state index in [1.54, 1.807) is 0 Å². The van der Waals surface area contributed by atoms with Crippen molar-refractivity contribution in [3.63, 3.8) is 0 Å². The molecule has 1 saturated heterocycles. The van der Waals surface area contributed by atoms with Crippen molar-refractivity contribution in [2.45, 2.75) is 58.0 Å². The third kappa shape index (κ3) is 4.32. The molecule has 0 aromatic carbocycles. The fourth-order valence-corrected chi connectivity index (χ4v) is 3.20. The van der Waals surface area contributed by atoms with Crippen molar-refractivity contribution in [3.05, 3.63) is 0 Å². The van der Waals surface area contributed by atoms with Gasteiger partial charge in [-0.1, -0.05) is 5.92 Å². The van der Waals surface area contributed by atoms with Gasteiger partial charge in [0, 0.05) is 17.5 Å². The lowest BCUT2D eigenvalue weighted by Gasteiger charge is -2.46. The van der Waals surface area contributed by atoms with Crippen molar-refractivity contribution >= 4 is 5.91 Å². The molecule has 0 bridgehead atoms. The Hall–Kier alpha value is -1.05. The summed E-state index contributed by atoms with van der Waals surface area (Å²) in [5.41, 5.74) is 0.0260. The van der Waals surface area contributed by atoms with Crippen molar-refractivity contribution in [2.75, 3.05) is 6.54 Å². The highest BCUT2D eigenvalue weighted by Crippen LogP contribution is 2.34. The number of amides is 1. The molecular formula is C14H24N2O2. The number of hydrogen-bond acceptors (Lipinski definition) is 3. The van der Waals surface area contributed by atoms with Crippen LogP contribution in [0.2, 0.25) is 0 Å². The van der Waals surface area contributed by atoms with Crippen LogP contribution < -0.4 is 5.32 Å². The van der Waals surface area contributed by atoms with Crippen LogP contribution in [0.5, 0.6) is 0 Å². The van der Waals surface area contributed by atoms with E-state index < -0.39 is 0 Å². The van der Waals surface area contributed by atoms with Gasteiger partial charge in [-0.2, -0.15) is 0 Å². The molecule has 1 aliphatic rings. The van der Waals surface area contributed by atoms with Crippen LogP contribution in [0.3, 0.4) is 0 Å². The van der Waals surface area contributed by atoms with Gasteiger partial charge in [0.2, 0.25) is 5.91 Å². The van der Waals surface area contributed by atoms with Crippen LogP contribution >= 0.6 is 0 Å². The van der Waals surface area contributed by atoms with Crippen LogP contribution in [-0.2, 0) is 4.79 Å². The maximum Gasteiger partial charge on any atom is 0.247 e. The zero-order valence-electron chi connectivity index (χ0n) is 11.8. The fraction of sp³-hybridized carbons (Fsp3) is 0.786. The van der Waals surface area contributed by atoms with Crippen molar-refractivity contribution in [2.24, 2.45) is 5.92 Å². The molecule has 4 heteroatoms. The maximum absolute atomic E-state index is 11.8. The van der Waals surface area contributed by atoms with E-state index in [2.05, 4.69) is 38.9 Å². The molecule has 1 heterocycles. The molecular weight excluding hydrogens is 228 g/mol. The van der Waals surface area contributed by atoms with Crippen LogP contribution in [0.15, 0.2) is 0 Å². The van der Waals surface area contributed by atoms with E-state index in [0.717, 1.165) is 12.8 Å². The molecule has 1 fully saturated rings. The summed E-state index contributed by atoms with van der Waals surface area (Å²) in [4.78, 5) is 11.8. The smallest absolute Gasteiger partial charge is 0.247 e. The minimum absolute atomic E-state index is 0.0130. The number of carbonyl (C=O) groups is 1. The summed E-state index contributed by atoms with van der Waals surface area (Å²) in [5.74, 6) is 2.25. The molecule has 0 aliphatic carbocycles. The van der Waals surface area contributed by atoms with E-state index in [1.807, 2.05) is 0 Å². The number of carbonyl (C=O) groups excluding carboxylic acids is 1. The first kappa shape index (κ1) is 15.0. The van der Waals surface area contributed by atoms with Crippen LogP contribution in [-0.4, -0.2) is 33.8 Å². The maximum atomic E-state index is 11.8. The molecule has 18 heavy (non-hydrogen) atoms. The van der Waals surface area contributed by atoms with E-state index >= 15 is 0 Å². The van der Waals surface area contributed by atoms with Gasteiger partial charge in [0.05, 0.1) is 0 Å². The first-order valence-corrected chi connectivity index (χ1v) is 6.37. The molecule has 0 saturated carbocycles. The number of hydrogen-bond donors (Lipinski definition) is 2. The summed E-state index contributed by atoms with van der Waals surface area (Å²) in [5, 5.41) is 13.6. The second-order valence-corrected chi connectivity index (χ2v) is 6.53. The van der Waals surface area contributed by atoms with Crippen molar-refractivity contribution in [1.29, 1.82) is 0 Å². The van der Waals surface area contributed by atoms with E-state index in [1.165, 1.54) is 0 Å². The van der Waals surface area contributed by atoms with Gasteiger partial charge in [-0.25, -0.2) is 5.06 Å². The Kier molecular flexibility index (Phi) is 4.41. The Morgan fingerprint density at radius 3 is 2.33 bits per heavy atom. The number of rotatable bonds is 3. The number of nitrogens with one attached hydrogen (secondary N) is 1. The predicted octanol–water partition coefficient (Wildman–Crippen LogP) is 1.78. The number of nitrogens with zero attached hydrogens (tertiary/aromatic N) is 1. The Morgan fingerprint density at radius 2 is 1.89 bits per heavy atom. The van der Waals surface area contributed by atoms with Crippen molar-refractivity contribution in [3.8, 4) is 12.3 Å². The summed E-state index contributed by atoms with van der Waals surface area (Å²) in [6, 6.07) is 0. The Morgan fingerprint density at radius 1 is 1.39 bits per heavy atom. The van der Waals surface area contributed by atoms with E-state index in [4.69, 9.17) is 6.42 Å². The standard InChI is InChI=1S/C14H24N2O2/c1-6-7-16(18)12(17)8-11-9-13(2,3)15-14(4,5)10-11/h1,11,15,18H,7-10H2,2-5H3. The largest absolute Gasteiger partial charge is 0.307 e. The second kappa shape index (κ2) is 5.29. The quantitative estimate of drug-likeness (QED) is 0.457. The van der Waals surface area contributed by atoms with Crippen LogP contribution in [0, 0.1) is 18.3 Å².